The molecule has 0 saturated carbocycles. The number of halogens is 2. The Morgan fingerprint density at radius 2 is 1.56 bits per heavy atom. The molecule has 0 spiro atoms. The summed E-state index contributed by atoms with van der Waals surface area (Å²) in [5.41, 5.74) is 6.72. The number of allylic oxidation sites excluding steroid dienone is 1. The summed E-state index contributed by atoms with van der Waals surface area (Å²) >= 11 is 0. The molecule has 3 aromatic carbocycles. The summed E-state index contributed by atoms with van der Waals surface area (Å²) in [7, 11) is 2.00. The van der Waals surface area contributed by atoms with Gasteiger partial charge in [0.1, 0.15) is 11.6 Å². The monoisotopic (exact) mass is 455 g/mol. The number of aromatic nitrogens is 1. The Morgan fingerprint density at radius 1 is 0.882 bits per heavy atom. The van der Waals surface area contributed by atoms with Crippen LogP contribution in [0.1, 0.15) is 45.2 Å². The fourth-order valence-corrected chi connectivity index (χ4v) is 4.14. The number of benzene rings is 3. The highest BCUT2D eigenvalue weighted by Crippen LogP contribution is 2.25. The molecule has 0 radical (unpaired) electrons. The van der Waals surface area contributed by atoms with Gasteiger partial charge in [0, 0.05) is 30.9 Å². The van der Waals surface area contributed by atoms with Crippen LogP contribution in [0.4, 0.5) is 8.78 Å². The molecule has 0 aliphatic carbocycles. The maximum absolute atomic E-state index is 13.5. The molecule has 0 N–H and O–H groups in total. The van der Waals surface area contributed by atoms with Gasteiger partial charge in [-0.3, -0.25) is 4.79 Å². The van der Waals surface area contributed by atoms with E-state index >= 15 is 0 Å². The number of rotatable bonds is 8. The third-order valence-electron chi connectivity index (χ3n) is 6.09. The van der Waals surface area contributed by atoms with Crippen molar-refractivity contribution in [1.29, 1.82) is 0 Å². The van der Waals surface area contributed by atoms with E-state index in [1.165, 1.54) is 24.3 Å². The summed E-state index contributed by atoms with van der Waals surface area (Å²) in [4.78, 5) is 12.5. The van der Waals surface area contributed by atoms with Crippen LogP contribution < -0.4 is 0 Å². The normalized spacial score (nSPS) is 11.6. The minimum Gasteiger partial charge on any atom is -0.354 e. The zero-order chi connectivity index (χ0) is 24.1. The van der Waals surface area contributed by atoms with Crippen LogP contribution in [0.25, 0.3) is 11.6 Å². The highest BCUT2D eigenvalue weighted by molar-refractivity contribution is 5.96. The van der Waals surface area contributed by atoms with Gasteiger partial charge >= 0.3 is 0 Å². The van der Waals surface area contributed by atoms with Crippen LogP contribution in [0.15, 0.2) is 85.1 Å². The lowest BCUT2D eigenvalue weighted by molar-refractivity contribution is 0.101. The molecule has 0 fully saturated rings. The first-order chi connectivity index (χ1) is 16.4. The second-order valence-electron chi connectivity index (χ2n) is 8.56. The Bertz CT molecular complexity index is 1310. The lowest BCUT2D eigenvalue weighted by Gasteiger charge is -2.12. The molecule has 0 aliphatic rings. The predicted octanol–water partition coefficient (Wildman–Crippen LogP) is 7.07. The SMILES string of the molecule is CC(=O)c1cc(/C=C(/Cc2cccn2C)c2ccc(F)cc2)ccc1CCc1ccc(F)cc1. The topological polar surface area (TPSA) is 22.0 Å². The highest BCUT2D eigenvalue weighted by Gasteiger charge is 2.11. The molecule has 0 aliphatic heterocycles. The zero-order valence-corrected chi connectivity index (χ0v) is 19.4. The van der Waals surface area contributed by atoms with Crippen LogP contribution in [0.2, 0.25) is 0 Å². The van der Waals surface area contributed by atoms with E-state index in [9.17, 15) is 13.6 Å². The summed E-state index contributed by atoms with van der Waals surface area (Å²) in [5.74, 6) is -0.516. The lowest BCUT2D eigenvalue weighted by atomic mass is 9.93. The average Bonchev–Trinajstić information content (AvgIpc) is 3.23. The van der Waals surface area contributed by atoms with E-state index in [2.05, 4.69) is 16.7 Å². The molecular weight excluding hydrogens is 428 g/mol. The van der Waals surface area contributed by atoms with Gasteiger partial charge < -0.3 is 4.57 Å². The molecule has 4 heteroatoms. The van der Waals surface area contributed by atoms with Crippen LogP contribution in [-0.2, 0) is 26.3 Å². The van der Waals surface area contributed by atoms with E-state index in [4.69, 9.17) is 0 Å². The van der Waals surface area contributed by atoms with Crippen molar-refractivity contribution in [2.24, 2.45) is 7.05 Å². The fourth-order valence-electron chi connectivity index (χ4n) is 4.14. The van der Waals surface area contributed by atoms with Crippen LogP contribution in [0.3, 0.4) is 0 Å². The fraction of sp³-hybridized carbons (Fsp3) is 0.167. The molecule has 172 valence electrons. The molecule has 0 atom stereocenters. The first kappa shape index (κ1) is 23.4. The Kier molecular flexibility index (Phi) is 7.17. The molecule has 0 unspecified atom stereocenters. The third-order valence-corrected chi connectivity index (χ3v) is 6.09. The summed E-state index contributed by atoms with van der Waals surface area (Å²) in [6.45, 7) is 1.58. The van der Waals surface area contributed by atoms with Crippen LogP contribution in [0.5, 0.6) is 0 Å². The quantitative estimate of drug-likeness (QED) is 0.206. The molecule has 2 nitrogen and oxygen atoms in total. The maximum atomic E-state index is 13.5. The van der Waals surface area contributed by atoms with Crippen molar-refractivity contribution in [3.05, 3.63) is 130 Å². The van der Waals surface area contributed by atoms with Gasteiger partial charge in [0.25, 0.3) is 0 Å². The molecule has 0 amide bonds. The van der Waals surface area contributed by atoms with Crippen molar-refractivity contribution in [2.45, 2.75) is 26.2 Å². The molecule has 4 rings (SSSR count). The van der Waals surface area contributed by atoms with Gasteiger partial charge in [0.05, 0.1) is 0 Å². The van der Waals surface area contributed by atoms with Crippen LogP contribution in [0, 0.1) is 11.6 Å². The first-order valence-electron chi connectivity index (χ1n) is 11.3. The van der Waals surface area contributed by atoms with E-state index in [0.717, 1.165) is 39.9 Å². The Hall–Kier alpha value is -3.79. The minimum absolute atomic E-state index is 0.00937. The number of nitrogens with zero attached hydrogens (tertiary/aromatic N) is 1. The Morgan fingerprint density at radius 3 is 2.18 bits per heavy atom. The van der Waals surface area contributed by atoms with Crippen LogP contribution in [-0.4, -0.2) is 10.4 Å². The Balaban J connectivity index is 1.65. The van der Waals surface area contributed by atoms with Gasteiger partial charge in [-0.05, 0) is 90.1 Å². The maximum Gasteiger partial charge on any atom is 0.160 e. The summed E-state index contributed by atoms with van der Waals surface area (Å²) < 4.78 is 28.8. The number of hydrogen-bond acceptors (Lipinski definition) is 1. The number of aryl methyl sites for hydroxylation is 3. The van der Waals surface area contributed by atoms with Gasteiger partial charge in [0.15, 0.2) is 5.78 Å². The van der Waals surface area contributed by atoms with Crippen molar-refractivity contribution in [2.75, 3.05) is 0 Å². The largest absolute Gasteiger partial charge is 0.354 e. The second kappa shape index (κ2) is 10.4. The molecule has 1 aromatic heterocycles. The summed E-state index contributed by atoms with van der Waals surface area (Å²) in [5, 5.41) is 0. The average molecular weight is 456 g/mol. The lowest BCUT2D eigenvalue weighted by Crippen LogP contribution is -2.03. The van der Waals surface area contributed by atoms with Crippen molar-refractivity contribution in [3.63, 3.8) is 0 Å². The number of Topliss-reactive ketones (excluding diaryl/α,β-unsaturated/α-hetero) is 1. The van der Waals surface area contributed by atoms with E-state index < -0.39 is 0 Å². The van der Waals surface area contributed by atoms with Crippen molar-refractivity contribution in [3.8, 4) is 0 Å². The van der Waals surface area contributed by atoms with Crippen molar-refractivity contribution >= 4 is 17.4 Å². The number of ketones is 1. The predicted molar refractivity (Wildman–Crippen MR) is 134 cm³/mol. The van der Waals surface area contributed by atoms with Crippen molar-refractivity contribution < 1.29 is 13.6 Å². The van der Waals surface area contributed by atoms with E-state index in [-0.39, 0.29) is 17.4 Å². The third kappa shape index (κ3) is 5.76. The standard InChI is InChI=1S/C30H27F2NO/c1-21(34)30-19-23(6-10-25(30)9-5-22-7-13-27(31)14-8-22)18-26(20-29-4-3-17-33(29)2)24-11-15-28(32)16-12-24/h3-4,6-8,10-19H,5,9,20H2,1-2H3/b26-18-. The molecular formula is C30H27F2NO. The first-order valence-corrected chi connectivity index (χ1v) is 11.3. The Labute approximate surface area is 199 Å². The number of carbonyl (C=O) groups is 1. The minimum atomic E-state index is -0.272. The summed E-state index contributed by atoms with van der Waals surface area (Å²) in [6.07, 6.45) is 6.16. The number of hydrogen-bond donors (Lipinski definition) is 0. The van der Waals surface area contributed by atoms with Gasteiger partial charge in [-0.25, -0.2) is 8.78 Å². The van der Waals surface area contributed by atoms with Gasteiger partial charge in [-0.15, -0.1) is 0 Å². The van der Waals surface area contributed by atoms with Crippen molar-refractivity contribution in [1.82, 2.24) is 4.57 Å². The smallest absolute Gasteiger partial charge is 0.160 e. The van der Waals surface area contributed by atoms with E-state index in [1.807, 2.05) is 37.5 Å². The molecule has 1 heterocycles. The van der Waals surface area contributed by atoms with Crippen LogP contribution >= 0.6 is 0 Å². The molecule has 4 aromatic rings. The van der Waals surface area contributed by atoms with E-state index in [0.29, 0.717) is 18.4 Å². The molecule has 34 heavy (non-hydrogen) atoms. The van der Waals surface area contributed by atoms with Gasteiger partial charge in [-0.2, -0.15) is 0 Å². The summed E-state index contributed by atoms with van der Waals surface area (Å²) in [6, 6.07) is 23.0. The number of carbonyl (C=O) groups excluding carboxylic acids is 1. The van der Waals surface area contributed by atoms with Gasteiger partial charge in [-0.1, -0.05) is 42.5 Å². The van der Waals surface area contributed by atoms with E-state index in [1.54, 1.807) is 31.2 Å². The molecule has 0 saturated heterocycles. The van der Waals surface area contributed by atoms with Gasteiger partial charge in [0.2, 0.25) is 0 Å². The second-order valence-corrected chi connectivity index (χ2v) is 8.56. The zero-order valence-electron chi connectivity index (χ0n) is 19.4. The molecule has 0 bridgehead atoms. The highest BCUT2D eigenvalue weighted by atomic mass is 19.1.